The van der Waals surface area contributed by atoms with Crippen molar-refractivity contribution in [3.05, 3.63) is 53.6 Å². The lowest BCUT2D eigenvalue weighted by atomic mass is 10.1. The molecule has 4 heteroatoms. The van der Waals surface area contributed by atoms with Crippen molar-refractivity contribution in [2.45, 2.75) is 33.8 Å². The van der Waals surface area contributed by atoms with E-state index in [0.29, 0.717) is 11.4 Å². The minimum absolute atomic E-state index is 0.0463. The van der Waals surface area contributed by atoms with E-state index in [4.69, 9.17) is 4.74 Å². The standard InChI is InChI=1S/C18H22N2O2/c1-12(2)22-17-11-6-5-9-16(17)20-18(21)19-15-10-7-8-13(3)14(15)4/h5-12H,1-4H3,(H2,19,20,21). The van der Waals surface area contributed by atoms with Crippen LogP contribution in [0, 0.1) is 13.8 Å². The lowest BCUT2D eigenvalue weighted by molar-refractivity contribution is 0.243. The van der Waals surface area contributed by atoms with Gasteiger partial charge in [-0.3, -0.25) is 0 Å². The van der Waals surface area contributed by atoms with Gasteiger partial charge in [0.2, 0.25) is 0 Å². The molecule has 0 unspecified atom stereocenters. The van der Waals surface area contributed by atoms with Gasteiger partial charge in [-0.25, -0.2) is 4.79 Å². The lowest BCUT2D eigenvalue weighted by Crippen LogP contribution is -2.21. The van der Waals surface area contributed by atoms with Gasteiger partial charge in [0, 0.05) is 5.69 Å². The topological polar surface area (TPSA) is 50.4 Å². The molecule has 0 bridgehead atoms. The second-order valence-corrected chi connectivity index (χ2v) is 5.49. The van der Waals surface area contributed by atoms with Crippen LogP contribution in [0.1, 0.15) is 25.0 Å². The lowest BCUT2D eigenvalue weighted by Gasteiger charge is -2.16. The van der Waals surface area contributed by atoms with Gasteiger partial charge in [-0.2, -0.15) is 0 Å². The molecular formula is C18H22N2O2. The Morgan fingerprint density at radius 2 is 1.59 bits per heavy atom. The zero-order chi connectivity index (χ0) is 16.1. The highest BCUT2D eigenvalue weighted by Gasteiger charge is 2.10. The fraction of sp³-hybridized carbons (Fsp3) is 0.278. The van der Waals surface area contributed by atoms with E-state index in [1.807, 2.05) is 70.2 Å². The summed E-state index contributed by atoms with van der Waals surface area (Å²) in [5.41, 5.74) is 3.66. The van der Waals surface area contributed by atoms with Crippen LogP contribution in [0.3, 0.4) is 0 Å². The Hall–Kier alpha value is -2.49. The average Bonchev–Trinajstić information content (AvgIpc) is 2.45. The van der Waals surface area contributed by atoms with Crippen LogP contribution in [-0.2, 0) is 0 Å². The third kappa shape index (κ3) is 4.01. The normalized spacial score (nSPS) is 10.4. The van der Waals surface area contributed by atoms with Gasteiger partial charge in [0.25, 0.3) is 0 Å². The van der Waals surface area contributed by atoms with E-state index in [2.05, 4.69) is 10.6 Å². The molecule has 0 heterocycles. The first-order chi connectivity index (χ1) is 10.5. The van der Waals surface area contributed by atoms with Crippen molar-refractivity contribution in [1.29, 1.82) is 0 Å². The first-order valence-corrected chi connectivity index (χ1v) is 7.37. The summed E-state index contributed by atoms with van der Waals surface area (Å²) in [5.74, 6) is 0.661. The Bertz CT molecular complexity index is 666. The monoisotopic (exact) mass is 298 g/mol. The van der Waals surface area contributed by atoms with Gasteiger partial charge in [0.05, 0.1) is 11.8 Å². The summed E-state index contributed by atoms with van der Waals surface area (Å²) in [7, 11) is 0. The quantitative estimate of drug-likeness (QED) is 0.857. The zero-order valence-corrected chi connectivity index (χ0v) is 13.4. The van der Waals surface area contributed by atoms with Crippen LogP contribution >= 0.6 is 0 Å². The van der Waals surface area contributed by atoms with Crippen LogP contribution in [0.25, 0.3) is 0 Å². The molecule has 0 fully saturated rings. The second kappa shape index (κ2) is 6.98. The van der Waals surface area contributed by atoms with E-state index in [-0.39, 0.29) is 12.1 Å². The number of anilines is 2. The van der Waals surface area contributed by atoms with Gasteiger partial charge in [-0.05, 0) is 57.0 Å². The number of rotatable bonds is 4. The molecule has 2 aromatic carbocycles. The number of amides is 2. The number of hydrogen-bond acceptors (Lipinski definition) is 2. The minimum Gasteiger partial charge on any atom is -0.489 e. The first-order valence-electron chi connectivity index (χ1n) is 7.37. The van der Waals surface area contributed by atoms with Crippen LogP contribution < -0.4 is 15.4 Å². The summed E-state index contributed by atoms with van der Waals surface area (Å²) < 4.78 is 5.70. The second-order valence-electron chi connectivity index (χ2n) is 5.49. The maximum absolute atomic E-state index is 12.2. The Kier molecular flexibility index (Phi) is 5.04. The molecule has 116 valence electrons. The Labute approximate surface area is 131 Å². The number of urea groups is 1. The predicted octanol–water partition coefficient (Wildman–Crippen LogP) is 4.73. The van der Waals surface area contributed by atoms with Crippen molar-refractivity contribution in [2.75, 3.05) is 10.6 Å². The molecule has 0 atom stereocenters. The molecule has 0 aliphatic rings. The van der Waals surface area contributed by atoms with Crippen molar-refractivity contribution in [3.63, 3.8) is 0 Å². The fourth-order valence-corrected chi connectivity index (χ4v) is 2.09. The molecule has 0 aliphatic carbocycles. The fourth-order valence-electron chi connectivity index (χ4n) is 2.09. The minimum atomic E-state index is -0.284. The summed E-state index contributed by atoms with van der Waals surface area (Å²) in [6.45, 7) is 7.91. The highest BCUT2D eigenvalue weighted by Crippen LogP contribution is 2.25. The van der Waals surface area contributed by atoms with Crippen LogP contribution in [0.15, 0.2) is 42.5 Å². The maximum Gasteiger partial charge on any atom is 0.323 e. The van der Waals surface area contributed by atoms with Crippen molar-refractivity contribution >= 4 is 17.4 Å². The molecule has 0 saturated carbocycles. The molecule has 2 aromatic rings. The Balaban J connectivity index is 2.11. The van der Waals surface area contributed by atoms with Crippen molar-refractivity contribution in [2.24, 2.45) is 0 Å². The summed E-state index contributed by atoms with van der Waals surface area (Å²) in [6, 6.07) is 12.9. The van der Waals surface area contributed by atoms with E-state index in [1.54, 1.807) is 0 Å². The molecule has 0 saturated heterocycles. The molecule has 22 heavy (non-hydrogen) atoms. The van der Waals surface area contributed by atoms with Crippen LogP contribution in [0.4, 0.5) is 16.2 Å². The predicted molar refractivity (Wildman–Crippen MR) is 90.8 cm³/mol. The number of hydrogen-bond donors (Lipinski definition) is 2. The van der Waals surface area contributed by atoms with Crippen molar-refractivity contribution < 1.29 is 9.53 Å². The SMILES string of the molecule is Cc1cccc(NC(=O)Nc2ccccc2OC(C)C)c1C. The summed E-state index contributed by atoms with van der Waals surface area (Å²) in [6.07, 6.45) is 0.0463. The van der Waals surface area contributed by atoms with Gasteiger partial charge < -0.3 is 15.4 Å². The van der Waals surface area contributed by atoms with Crippen LogP contribution in [0.2, 0.25) is 0 Å². The maximum atomic E-state index is 12.2. The molecule has 2 N–H and O–H groups in total. The third-order valence-corrected chi connectivity index (χ3v) is 3.35. The smallest absolute Gasteiger partial charge is 0.323 e. The average molecular weight is 298 g/mol. The van der Waals surface area contributed by atoms with Gasteiger partial charge in [-0.1, -0.05) is 24.3 Å². The van der Waals surface area contributed by atoms with Gasteiger partial charge >= 0.3 is 6.03 Å². The molecule has 0 aliphatic heterocycles. The zero-order valence-electron chi connectivity index (χ0n) is 13.4. The van der Waals surface area contributed by atoms with E-state index >= 15 is 0 Å². The first kappa shape index (κ1) is 15.9. The van der Waals surface area contributed by atoms with Gasteiger partial charge in [-0.15, -0.1) is 0 Å². The largest absolute Gasteiger partial charge is 0.489 e. The number of aryl methyl sites for hydroxylation is 1. The number of carbonyl (C=O) groups is 1. The number of ether oxygens (including phenoxy) is 1. The molecule has 2 amide bonds. The third-order valence-electron chi connectivity index (χ3n) is 3.35. The van der Waals surface area contributed by atoms with Gasteiger partial charge in [0.15, 0.2) is 0 Å². The number of benzene rings is 2. The molecular weight excluding hydrogens is 276 g/mol. The van der Waals surface area contributed by atoms with E-state index in [0.717, 1.165) is 16.8 Å². The molecule has 0 spiro atoms. The number of para-hydroxylation sites is 2. The highest BCUT2D eigenvalue weighted by molar-refractivity contribution is 6.01. The summed E-state index contributed by atoms with van der Waals surface area (Å²) in [5, 5.41) is 5.71. The molecule has 2 rings (SSSR count). The summed E-state index contributed by atoms with van der Waals surface area (Å²) in [4.78, 5) is 12.2. The summed E-state index contributed by atoms with van der Waals surface area (Å²) >= 11 is 0. The molecule has 0 aromatic heterocycles. The number of carbonyl (C=O) groups excluding carboxylic acids is 1. The number of nitrogens with one attached hydrogen (secondary N) is 2. The van der Waals surface area contributed by atoms with Crippen molar-refractivity contribution in [3.8, 4) is 5.75 Å². The molecule has 0 radical (unpaired) electrons. The van der Waals surface area contributed by atoms with Crippen LogP contribution in [0.5, 0.6) is 5.75 Å². The van der Waals surface area contributed by atoms with E-state index in [9.17, 15) is 4.79 Å². The van der Waals surface area contributed by atoms with Crippen molar-refractivity contribution in [1.82, 2.24) is 0 Å². The Morgan fingerprint density at radius 1 is 0.955 bits per heavy atom. The highest BCUT2D eigenvalue weighted by atomic mass is 16.5. The van der Waals surface area contributed by atoms with Gasteiger partial charge in [0.1, 0.15) is 5.75 Å². The van der Waals surface area contributed by atoms with E-state index in [1.165, 1.54) is 0 Å². The molecule has 4 nitrogen and oxygen atoms in total. The Morgan fingerprint density at radius 3 is 2.32 bits per heavy atom. The van der Waals surface area contributed by atoms with E-state index < -0.39 is 0 Å². The van der Waals surface area contributed by atoms with Crippen LogP contribution in [-0.4, -0.2) is 12.1 Å².